The minimum absolute atomic E-state index is 0.0421. The first-order valence-corrected chi connectivity index (χ1v) is 7.29. The largest absolute Gasteiger partial charge is 0.439 e. The maximum absolute atomic E-state index is 12.5. The van der Waals surface area contributed by atoms with Crippen LogP contribution in [0.5, 0.6) is 23.3 Å². The van der Waals surface area contributed by atoms with Crippen LogP contribution in [0, 0.1) is 11.3 Å². The third-order valence-corrected chi connectivity index (χ3v) is 3.20. The number of hydrogen-bond acceptors (Lipinski definition) is 5. The fourth-order valence-electron chi connectivity index (χ4n) is 1.93. The summed E-state index contributed by atoms with van der Waals surface area (Å²) in [5.41, 5.74) is -0.423. The van der Waals surface area contributed by atoms with E-state index in [9.17, 15) is 13.2 Å². The summed E-state index contributed by atoms with van der Waals surface area (Å²) in [6.07, 6.45) is -2.34. The zero-order valence-electron chi connectivity index (χ0n) is 13.1. The van der Waals surface area contributed by atoms with Gasteiger partial charge in [0, 0.05) is 24.5 Å². The average Bonchev–Trinajstić information content (AvgIpc) is 2.64. The molecular weight excluding hydrogens is 347 g/mol. The van der Waals surface area contributed by atoms with E-state index in [1.165, 1.54) is 6.20 Å². The molecule has 130 valence electrons. The molecule has 0 aliphatic heterocycles. The van der Waals surface area contributed by atoms with E-state index in [1.807, 2.05) is 6.07 Å². The molecule has 3 rings (SSSR count). The number of rotatable bonds is 4. The van der Waals surface area contributed by atoms with Crippen molar-refractivity contribution in [3.05, 3.63) is 72.1 Å². The van der Waals surface area contributed by atoms with Crippen LogP contribution < -0.4 is 9.47 Å². The molecular formula is C18H10F3N3O2. The number of nitrogens with zero attached hydrogens (tertiary/aromatic N) is 3. The fourth-order valence-corrected chi connectivity index (χ4v) is 1.93. The Hall–Kier alpha value is -3.60. The Balaban J connectivity index is 1.64. The molecule has 0 saturated carbocycles. The Morgan fingerprint density at radius 3 is 1.69 bits per heavy atom. The first kappa shape index (κ1) is 17.2. The molecule has 8 heteroatoms. The quantitative estimate of drug-likeness (QED) is 0.661. The Morgan fingerprint density at radius 2 is 1.31 bits per heavy atom. The molecule has 0 amide bonds. The monoisotopic (exact) mass is 357 g/mol. The molecule has 0 bridgehead atoms. The van der Waals surface area contributed by atoms with Crippen LogP contribution >= 0.6 is 0 Å². The van der Waals surface area contributed by atoms with E-state index in [1.54, 1.807) is 36.4 Å². The smallest absolute Gasteiger partial charge is 0.417 e. The first-order chi connectivity index (χ1) is 12.4. The van der Waals surface area contributed by atoms with Crippen LogP contribution in [-0.4, -0.2) is 9.97 Å². The molecule has 0 saturated heterocycles. The third-order valence-electron chi connectivity index (χ3n) is 3.20. The number of alkyl halides is 3. The Bertz CT molecular complexity index is 916. The molecule has 5 nitrogen and oxygen atoms in total. The second kappa shape index (κ2) is 7.11. The van der Waals surface area contributed by atoms with Crippen LogP contribution in [-0.2, 0) is 6.18 Å². The van der Waals surface area contributed by atoms with Gasteiger partial charge in [-0.2, -0.15) is 18.4 Å². The summed E-state index contributed by atoms with van der Waals surface area (Å²) in [7, 11) is 0. The summed E-state index contributed by atoms with van der Waals surface area (Å²) >= 11 is 0. The van der Waals surface area contributed by atoms with E-state index in [-0.39, 0.29) is 5.88 Å². The first-order valence-electron chi connectivity index (χ1n) is 7.29. The summed E-state index contributed by atoms with van der Waals surface area (Å²) in [4.78, 5) is 7.62. The van der Waals surface area contributed by atoms with E-state index in [0.29, 0.717) is 29.1 Å². The van der Waals surface area contributed by atoms with Gasteiger partial charge in [-0.25, -0.2) is 9.97 Å². The number of hydrogen-bond donors (Lipinski definition) is 0. The van der Waals surface area contributed by atoms with Gasteiger partial charge < -0.3 is 9.47 Å². The molecule has 2 heterocycles. The molecule has 0 spiro atoms. The van der Waals surface area contributed by atoms with Crippen LogP contribution in [0.4, 0.5) is 13.2 Å². The van der Waals surface area contributed by atoms with Crippen molar-refractivity contribution in [2.24, 2.45) is 0 Å². The lowest BCUT2D eigenvalue weighted by atomic mass is 10.3. The Morgan fingerprint density at radius 1 is 0.769 bits per heavy atom. The van der Waals surface area contributed by atoms with Crippen molar-refractivity contribution in [1.29, 1.82) is 5.26 Å². The van der Waals surface area contributed by atoms with Crippen molar-refractivity contribution < 1.29 is 22.6 Å². The zero-order chi connectivity index (χ0) is 18.6. The van der Waals surface area contributed by atoms with E-state index in [4.69, 9.17) is 14.7 Å². The van der Waals surface area contributed by atoms with Gasteiger partial charge in [0.1, 0.15) is 17.6 Å². The zero-order valence-corrected chi connectivity index (χ0v) is 13.1. The number of benzene rings is 1. The van der Waals surface area contributed by atoms with Crippen LogP contribution in [0.25, 0.3) is 0 Å². The average molecular weight is 357 g/mol. The summed E-state index contributed by atoms with van der Waals surface area (Å²) in [6, 6.07) is 13.5. The van der Waals surface area contributed by atoms with Crippen molar-refractivity contribution in [3.63, 3.8) is 0 Å². The maximum atomic E-state index is 12.5. The number of ether oxygens (including phenoxy) is 2. The lowest BCUT2D eigenvalue weighted by Gasteiger charge is -2.09. The topological polar surface area (TPSA) is 68.0 Å². The second-order valence-electron chi connectivity index (χ2n) is 5.06. The molecule has 1 aromatic carbocycles. The molecule has 0 radical (unpaired) electrons. The minimum atomic E-state index is -4.44. The molecule has 26 heavy (non-hydrogen) atoms. The van der Waals surface area contributed by atoms with Crippen molar-refractivity contribution in [3.8, 4) is 29.3 Å². The lowest BCUT2D eigenvalue weighted by molar-refractivity contribution is -0.137. The minimum Gasteiger partial charge on any atom is -0.439 e. The van der Waals surface area contributed by atoms with Crippen LogP contribution in [0.1, 0.15) is 11.1 Å². The van der Waals surface area contributed by atoms with Gasteiger partial charge >= 0.3 is 6.18 Å². The predicted molar refractivity (Wildman–Crippen MR) is 84.8 cm³/mol. The van der Waals surface area contributed by atoms with Gasteiger partial charge in [-0.05, 0) is 36.4 Å². The van der Waals surface area contributed by atoms with Crippen molar-refractivity contribution in [2.45, 2.75) is 6.18 Å². The van der Waals surface area contributed by atoms with Gasteiger partial charge in [0.25, 0.3) is 0 Å². The number of aromatic nitrogens is 2. The van der Waals surface area contributed by atoms with E-state index in [0.717, 1.165) is 12.1 Å². The van der Waals surface area contributed by atoms with Crippen molar-refractivity contribution >= 4 is 0 Å². The van der Waals surface area contributed by atoms with Gasteiger partial charge in [-0.15, -0.1) is 0 Å². The molecule has 0 aliphatic carbocycles. The van der Waals surface area contributed by atoms with Crippen LogP contribution in [0.15, 0.2) is 60.9 Å². The lowest BCUT2D eigenvalue weighted by Crippen LogP contribution is -2.05. The predicted octanol–water partition coefficient (Wildman–Crippen LogP) is 4.95. The Labute approximate surface area is 146 Å². The molecule has 0 aliphatic rings. The van der Waals surface area contributed by atoms with Crippen molar-refractivity contribution in [2.75, 3.05) is 0 Å². The molecule has 0 atom stereocenters. The number of halogens is 3. The van der Waals surface area contributed by atoms with Crippen LogP contribution in [0.3, 0.4) is 0 Å². The number of pyridine rings is 2. The summed E-state index contributed by atoms with van der Waals surface area (Å²) in [5, 5.41) is 8.72. The van der Waals surface area contributed by atoms with E-state index in [2.05, 4.69) is 9.97 Å². The number of nitriles is 1. The highest BCUT2D eigenvalue weighted by Crippen LogP contribution is 2.30. The molecule has 3 aromatic rings. The maximum Gasteiger partial charge on any atom is 0.417 e. The third kappa shape index (κ3) is 4.27. The van der Waals surface area contributed by atoms with E-state index >= 15 is 0 Å². The van der Waals surface area contributed by atoms with Gasteiger partial charge in [-0.3, -0.25) is 0 Å². The standard InChI is InChI=1S/C18H10F3N3O2/c19-18(20,21)13-2-8-17(24-11-13)26-15-5-3-14(4-6-15)25-16-7-1-12(9-22)10-23-16/h1-8,10-11H. The van der Waals surface area contributed by atoms with E-state index < -0.39 is 11.7 Å². The molecule has 0 fully saturated rings. The summed E-state index contributed by atoms with van der Waals surface area (Å²) < 4.78 is 48.4. The summed E-state index contributed by atoms with van der Waals surface area (Å²) in [5.74, 6) is 1.23. The van der Waals surface area contributed by atoms with Gasteiger partial charge in [0.15, 0.2) is 0 Å². The molecule has 0 N–H and O–H groups in total. The SMILES string of the molecule is N#Cc1ccc(Oc2ccc(Oc3ccc(C(F)(F)F)cn3)cc2)nc1. The highest BCUT2D eigenvalue weighted by Gasteiger charge is 2.30. The molecule has 2 aromatic heterocycles. The Kier molecular flexibility index (Phi) is 4.71. The van der Waals surface area contributed by atoms with Crippen LogP contribution in [0.2, 0.25) is 0 Å². The molecule has 0 unspecified atom stereocenters. The fraction of sp³-hybridized carbons (Fsp3) is 0.0556. The van der Waals surface area contributed by atoms with Crippen molar-refractivity contribution in [1.82, 2.24) is 9.97 Å². The van der Waals surface area contributed by atoms with Gasteiger partial charge in [0.2, 0.25) is 11.8 Å². The highest BCUT2D eigenvalue weighted by atomic mass is 19.4. The highest BCUT2D eigenvalue weighted by molar-refractivity contribution is 5.36. The van der Waals surface area contributed by atoms with Gasteiger partial charge in [-0.1, -0.05) is 0 Å². The normalized spacial score (nSPS) is 10.8. The second-order valence-corrected chi connectivity index (χ2v) is 5.06. The van der Waals surface area contributed by atoms with Gasteiger partial charge in [0.05, 0.1) is 11.1 Å². The summed E-state index contributed by atoms with van der Waals surface area (Å²) in [6.45, 7) is 0.